The van der Waals surface area contributed by atoms with Gasteiger partial charge in [-0.15, -0.1) is 0 Å². The van der Waals surface area contributed by atoms with Gasteiger partial charge in [0.1, 0.15) is 11.6 Å². The lowest BCUT2D eigenvalue weighted by molar-refractivity contribution is 0.405. The Labute approximate surface area is 144 Å². The number of nitrogens with one attached hydrogen (secondary N) is 2. The van der Waals surface area contributed by atoms with Gasteiger partial charge in [-0.05, 0) is 38.5 Å². The Morgan fingerprint density at radius 2 is 1.75 bits per heavy atom. The van der Waals surface area contributed by atoms with E-state index in [1.165, 1.54) is 5.56 Å². The molecule has 3 rings (SSSR count). The highest BCUT2D eigenvalue weighted by molar-refractivity contribution is 6.01. The fourth-order valence-electron chi connectivity index (χ4n) is 2.93. The van der Waals surface area contributed by atoms with Crippen LogP contribution in [0.15, 0.2) is 53.5 Å². The van der Waals surface area contributed by atoms with E-state index in [1.807, 2.05) is 24.3 Å². The Morgan fingerprint density at radius 1 is 1.04 bits per heavy atom. The molecule has 4 nitrogen and oxygen atoms in total. The van der Waals surface area contributed by atoms with Gasteiger partial charge in [0.2, 0.25) is 0 Å². The number of ether oxygens (including phenoxy) is 1. The van der Waals surface area contributed by atoms with Crippen LogP contribution >= 0.6 is 0 Å². The first-order chi connectivity index (χ1) is 11.5. The fourth-order valence-corrected chi connectivity index (χ4v) is 2.93. The van der Waals surface area contributed by atoms with Crippen molar-refractivity contribution in [3.05, 3.63) is 59.7 Å². The molecule has 0 fully saturated rings. The van der Waals surface area contributed by atoms with Gasteiger partial charge in [-0.3, -0.25) is 10.3 Å². The van der Waals surface area contributed by atoms with Gasteiger partial charge >= 0.3 is 0 Å². The summed E-state index contributed by atoms with van der Waals surface area (Å²) in [5.74, 6) is 1.78. The molecule has 126 valence electrons. The smallest absolute Gasteiger partial charge is 0.124 e. The Bertz CT molecular complexity index is 747. The number of amidine groups is 1. The second-order valence-corrected chi connectivity index (χ2v) is 7.01. The molecule has 0 aliphatic carbocycles. The minimum atomic E-state index is -0.177. The lowest BCUT2D eigenvalue weighted by Crippen LogP contribution is -2.32. The molecule has 0 aromatic heterocycles. The number of fused-ring (bicyclic) bond motifs is 1. The van der Waals surface area contributed by atoms with Gasteiger partial charge in [-0.1, -0.05) is 36.4 Å². The van der Waals surface area contributed by atoms with E-state index in [0.29, 0.717) is 0 Å². The third-order valence-electron chi connectivity index (χ3n) is 3.96. The molecule has 0 amide bonds. The number of rotatable bonds is 2. The zero-order valence-corrected chi connectivity index (χ0v) is 14.8. The van der Waals surface area contributed by atoms with Crippen molar-refractivity contribution in [1.29, 1.82) is 0 Å². The fraction of sp³-hybridized carbons (Fsp3) is 0.350. The van der Waals surface area contributed by atoms with Gasteiger partial charge in [0, 0.05) is 17.8 Å². The van der Waals surface area contributed by atoms with Crippen molar-refractivity contribution in [1.82, 2.24) is 5.32 Å². The summed E-state index contributed by atoms with van der Waals surface area (Å²) >= 11 is 0. The van der Waals surface area contributed by atoms with Gasteiger partial charge in [-0.25, -0.2) is 0 Å². The van der Waals surface area contributed by atoms with Crippen LogP contribution in [0.4, 0.5) is 5.69 Å². The van der Waals surface area contributed by atoms with Crippen LogP contribution < -0.4 is 15.4 Å². The van der Waals surface area contributed by atoms with Crippen LogP contribution in [0.1, 0.15) is 37.9 Å². The molecule has 1 heterocycles. The summed E-state index contributed by atoms with van der Waals surface area (Å²) in [7, 11) is 1.71. The van der Waals surface area contributed by atoms with Crippen molar-refractivity contribution in [2.45, 2.75) is 38.9 Å². The maximum atomic E-state index is 5.57. The number of methoxy groups -OCH3 is 1. The van der Waals surface area contributed by atoms with Crippen LogP contribution in [0.3, 0.4) is 0 Å². The van der Waals surface area contributed by atoms with E-state index in [0.717, 1.165) is 29.4 Å². The third-order valence-corrected chi connectivity index (χ3v) is 3.96. The lowest BCUT2D eigenvalue weighted by Gasteiger charge is -2.24. The molecular weight excluding hydrogens is 298 g/mol. The zero-order valence-electron chi connectivity index (χ0n) is 14.8. The standard InChI is InChI=1S/C20H25N3O/c1-20(2,3)23-19-18(15-10-6-8-12-17(15)24-4)21-13-14-9-5-7-11-16(14)22-19/h5-12,18,21H,13H2,1-4H3,(H,22,23). The summed E-state index contributed by atoms with van der Waals surface area (Å²) in [6.45, 7) is 7.10. The van der Waals surface area contributed by atoms with Gasteiger partial charge in [0.25, 0.3) is 0 Å². The summed E-state index contributed by atoms with van der Waals surface area (Å²) in [5, 5.41) is 7.18. The van der Waals surface area contributed by atoms with Crippen LogP contribution in [0.25, 0.3) is 0 Å². The van der Waals surface area contributed by atoms with Crippen molar-refractivity contribution in [2.75, 3.05) is 12.4 Å². The Balaban J connectivity index is 2.08. The Hall–Kier alpha value is -2.33. The summed E-state index contributed by atoms with van der Waals surface area (Å²) in [4.78, 5) is 4.95. The van der Waals surface area contributed by atoms with E-state index in [9.17, 15) is 0 Å². The highest BCUT2D eigenvalue weighted by atomic mass is 16.5. The van der Waals surface area contributed by atoms with Gasteiger partial charge < -0.3 is 10.1 Å². The molecule has 1 aliphatic rings. The molecule has 0 bridgehead atoms. The zero-order chi connectivity index (χ0) is 17.2. The Kier molecular flexibility index (Phi) is 4.58. The maximum absolute atomic E-state index is 5.57. The van der Waals surface area contributed by atoms with E-state index < -0.39 is 0 Å². The summed E-state index contributed by atoms with van der Waals surface area (Å²) in [6.07, 6.45) is 0. The largest absolute Gasteiger partial charge is 0.496 e. The minimum absolute atomic E-state index is 0.0484. The number of nitrogens with zero attached hydrogens (tertiary/aromatic N) is 1. The molecule has 2 N–H and O–H groups in total. The number of benzene rings is 2. The molecule has 0 radical (unpaired) electrons. The van der Waals surface area contributed by atoms with Crippen LogP contribution in [0.5, 0.6) is 5.75 Å². The Morgan fingerprint density at radius 3 is 2.50 bits per heavy atom. The topological polar surface area (TPSA) is 45.6 Å². The van der Waals surface area contributed by atoms with E-state index >= 15 is 0 Å². The van der Waals surface area contributed by atoms with Gasteiger partial charge in [-0.2, -0.15) is 0 Å². The van der Waals surface area contributed by atoms with Gasteiger partial charge in [0.15, 0.2) is 0 Å². The first kappa shape index (κ1) is 16.5. The van der Waals surface area contributed by atoms with Crippen LogP contribution in [0.2, 0.25) is 0 Å². The third kappa shape index (κ3) is 3.60. The predicted molar refractivity (Wildman–Crippen MR) is 99.8 cm³/mol. The monoisotopic (exact) mass is 323 g/mol. The quantitative estimate of drug-likeness (QED) is 0.873. The second kappa shape index (κ2) is 6.65. The van der Waals surface area contributed by atoms with E-state index in [-0.39, 0.29) is 11.6 Å². The van der Waals surface area contributed by atoms with Crippen molar-refractivity contribution in [3.63, 3.8) is 0 Å². The first-order valence-corrected chi connectivity index (χ1v) is 8.29. The van der Waals surface area contributed by atoms with Crippen LogP contribution in [0, 0.1) is 0 Å². The molecule has 1 unspecified atom stereocenters. The predicted octanol–water partition coefficient (Wildman–Crippen LogP) is 4.15. The van der Waals surface area contributed by atoms with Crippen LogP contribution in [-0.4, -0.2) is 18.5 Å². The summed E-state index contributed by atoms with van der Waals surface area (Å²) in [5.41, 5.74) is 3.24. The van der Waals surface area contributed by atoms with Gasteiger partial charge in [0.05, 0.1) is 18.7 Å². The number of hydrogen-bond donors (Lipinski definition) is 2. The molecule has 1 aliphatic heterocycles. The molecule has 24 heavy (non-hydrogen) atoms. The molecular formula is C20H25N3O. The summed E-state index contributed by atoms with van der Waals surface area (Å²) < 4.78 is 5.57. The molecule has 4 heteroatoms. The van der Waals surface area contributed by atoms with E-state index in [4.69, 9.17) is 9.73 Å². The average molecular weight is 323 g/mol. The second-order valence-electron chi connectivity index (χ2n) is 7.01. The SMILES string of the molecule is COc1ccccc1C1NCc2ccccc2NC1=NC(C)(C)C. The number of hydrogen-bond acceptors (Lipinski definition) is 3. The highest BCUT2D eigenvalue weighted by Crippen LogP contribution is 2.30. The summed E-state index contributed by atoms with van der Waals surface area (Å²) in [6, 6.07) is 16.4. The lowest BCUT2D eigenvalue weighted by atomic mass is 10.0. The molecule has 1 atom stereocenters. The molecule has 0 saturated heterocycles. The maximum Gasteiger partial charge on any atom is 0.124 e. The molecule has 2 aromatic carbocycles. The highest BCUT2D eigenvalue weighted by Gasteiger charge is 2.26. The number of anilines is 1. The first-order valence-electron chi connectivity index (χ1n) is 8.29. The van der Waals surface area contributed by atoms with E-state index in [1.54, 1.807) is 7.11 Å². The van der Waals surface area contributed by atoms with Crippen LogP contribution in [-0.2, 0) is 6.54 Å². The van der Waals surface area contributed by atoms with Crippen molar-refractivity contribution in [3.8, 4) is 5.75 Å². The van der Waals surface area contributed by atoms with Crippen molar-refractivity contribution >= 4 is 11.5 Å². The van der Waals surface area contributed by atoms with Crippen molar-refractivity contribution < 1.29 is 4.74 Å². The van der Waals surface area contributed by atoms with Crippen molar-refractivity contribution in [2.24, 2.45) is 4.99 Å². The molecule has 0 saturated carbocycles. The molecule has 2 aromatic rings. The minimum Gasteiger partial charge on any atom is -0.496 e. The number of para-hydroxylation sites is 2. The molecule has 0 spiro atoms. The van der Waals surface area contributed by atoms with E-state index in [2.05, 4.69) is 55.7 Å². The normalized spacial score (nSPS) is 19.3. The average Bonchev–Trinajstić information content (AvgIpc) is 2.72. The number of aliphatic imine (C=N–C) groups is 1.